The lowest BCUT2D eigenvalue weighted by Crippen LogP contribution is -2.30. The van der Waals surface area contributed by atoms with Gasteiger partial charge in [0.05, 0.1) is 0 Å². The van der Waals surface area contributed by atoms with Crippen molar-refractivity contribution in [2.75, 3.05) is 10.6 Å². The zero-order chi connectivity index (χ0) is 18.2. The fourth-order valence-electron chi connectivity index (χ4n) is 2.24. The fraction of sp³-hybridized carbons (Fsp3) is 0.500. The predicted molar refractivity (Wildman–Crippen MR) is 97.4 cm³/mol. The Hall–Kier alpha value is -2.57. The van der Waals surface area contributed by atoms with Crippen LogP contribution < -0.4 is 21.3 Å². The molecular formula is C18H26N4O3. The van der Waals surface area contributed by atoms with E-state index in [0.717, 1.165) is 12.8 Å². The van der Waals surface area contributed by atoms with Crippen LogP contribution in [0.4, 0.5) is 16.2 Å². The van der Waals surface area contributed by atoms with E-state index in [9.17, 15) is 14.4 Å². The van der Waals surface area contributed by atoms with Gasteiger partial charge in [0.25, 0.3) is 0 Å². The predicted octanol–water partition coefficient (Wildman–Crippen LogP) is 2.60. The highest BCUT2D eigenvalue weighted by molar-refractivity contribution is 5.92. The Morgan fingerprint density at radius 2 is 1.52 bits per heavy atom. The summed E-state index contributed by atoms with van der Waals surface area (Å²) in [4.78, 5) is 35.0. The van der Waals surface area contributed by atoms with Gasteiger partial charge >= 0.3 is 6.03 Å². The quantitative estimate of drug-likeness (QED) is 0.582. The second-order valence-electron chi connectivity index (χ2n) is 6.57. The normalized spacial score (nSPS) is 13.2. The highest BCUT2D eigenvalue weighted by Gasteiger charge is 2.23. The number of anilines is 2. The molecule has 7 nitrogen and oxygen atoms in total. The highest BCUT2D eigenvalue weighted by Crippen LogP contribution is 2.19. The molecular weight excluding hydrogens is 320 g/mol. The average molecular weight is 346 g/mol. The van der Waals surface area contributed by atoms with Crippen molar-refractivity contribution in [1.82, 2.24) is 10.6 Å². The molecule has 25 heavy (non-hydrogen) atoms. The van der Waals surface area contributed by atoms with Gasteiger partial charge in [0, 0.05) is 36.3 Å². The van der Waals surface area contributed by atoms with Crippen molar-refractivity contribution in [3.8, 4) is 0 Å². The SMILES string of the molecule is CC(C)NC(=O)CCCC(=O)Nc1ccc(NC(=O)NC2CC2)cc1. The summed E-state index contributed by atoms with van der Waals surface area (Å²) in [6, 6.07) is 7.14. The van der Waals surface area contributed by atoms with Crippen LogP contribution in [0.1, 0.15) is 46.0 Å². The van der Waals surface area contributed by atoms with E-state index in [-0.39, 0.29) is 30.3 Å². The number of carbonyl (C=O) groups excluding carboxylic acids is 3. The maximum Gasteiger partial charge on any atom is 0.319 e. The first kappa shape index (κ1) is 18.8. The molecule has 0 heterocycles. The molecule has 1 fully saturated rings. The van der Waals surface area contributed by atoms with Gasteiger partial charge in [-0.05, 0) is 57.4 Å². The van der Waals surface area contributed by atoms with Gasteiger partial charge in [-0.25, -0.2) is 4.79 Å². The van der Waals surface area contributed by atoms with Crippen molar-refractivity contribution in [2.45, 2.75) is 58.0 Å². The van der Waals surface area contributed by atoms with Crippen molar-refractivity contribution in [2.24, 2.45) is 0 Å². The van der Waals surface area contributed by atoms with Crippen molar-refractivity contribution < 1.29 is 14.4 Å². The van der Waals surface area contributed by atoms with Gasteiger partial charge in [-0.2, -0.15) is 0 Å². The molecule has 1 aromatic carbocycles. The van der Waals surface area contributed by atoms with E-state index in [4.69, 9.17) is 0 Å². The van der Waals surface area contributed by atoms with Gasteiger partial charge in [-0.3, -0.25) is 9.59 Å². The number of amides is 4. The van der Waals surface area contributed by atoms with E-state index in [1.165, 1.54) is 0 Å². The van der Waals surface area contributed by atoms with Gasteiger partial charge in [0.2, 0.25) is 11.8 Å². The Bertz CT molecular complexity index is 609. The molecule has 0 unspecified atom stereocenters. The van der Waals surface area contributed by atoms with E-state index in [1.54, 1.807) is 24.3 Å². The van der Waals surface area contributed by atoms with Crippen LogP contribution in [0.25, 0.3) is 0 Å². The molecule has 1 aromatic rings. The molecule has 1 saturated carbocycles. The zero-order valence-electron chi connectivity index (χ0n) is 14.7. The first-order valence-corrected chi connectivity index (χ1v) is 8.69. The summed E-state index contributed by atoms with van der Waals surface area (Å²) in [7, 11) is 0. The lowest BCUT2D eigenvalue weighted by molar-refractivity contribution is -0.121. The third-order valence-electron chi connectivity index (χ3n) is 3.60. The number of benzene rings is 1. The molecule has 0 radical (unpaired) electrons. The molecule has 0 bridgehead atoms. The van der Waals surface area contributed by atoms with Crippen LogP contribution in [-0.4, -0.2) is 29.9 Å². The lowest BCUT2D eigenvalue weighted by atomic mass is 10.2. The van der Waals surface area contributed by atoms with Crippen molar-refractivity contribution >= 4 is 29.2 Å². The Kier molecular flexibility index (Phi) is 6.80. The Balaban J connectivity index is 1.68. The van der Waals surface area contributed by atoms with E-state index in [1.807, 2.05) is 13.8 Å². The Morgan fingerprint density at radius 3 is 2.08 bits per heavy atom. The summed E-state index contributed by atoms with van der Waals surface area (Å²) in [6.45, 7) is 3.80. The monoisotopic (exact) mass is 346 g/mol. The van der Waals surface area contributed by atoms with E-state index in [2.05, 4.69) is 21.3 Å². The molecule has 7 heteroatoms. The van der Waals surface area contributed by atoms with Crippen LogP contribution >= 0.6 is 0 Å². The number of carbonyl (C=O) groups is 3. The highest BCUT2D eigenvalue weighted by atomic mass is 16.2. The van der Waals surface area contributed by atoms with Crippen molar-refractivity contribution in [3.05, 3.63) is 24.3 Å². The molecule has 0 aliphatic heterocycles. The number of hydrogen-bond acceptors (Lipinski definition) is 3. The van der Waals surface area contributed by atoms with Gasteiger partial charge in [-0.15, -0.1) is 0 Å². The molecule has 1 aliphatic carbocycles. The molecule has 0 spiro atoms. The maximum absolute atomic E-state index is 11.9. The van der Waals surface area contributed by atoms with Crippen LogP contribution in [0.2, 0.25) is 0 Å². The van der Waals surface area contributed by atoms with Crippen LogP contribution in [-0.2, 0) is 9.59 Å². The number of hydrogen-bond donors (Lipinski definition) is 4. The van der Waals surface area contributed by atoms with Crippen molar-refractivity contribution in [1.29, 1.82) is 0 Å². The minimum Gasteiger partial charge on any atom is -0.354 e. The minimum atomic E-state index is -0.209. The zero-order valence-corrected chi connectivity index (χ0v) is 14.7. The third kappa shape index (κ3) is 7.69. The van der Waals surface area contributed by atoms with E-state index in [0.29, 0.717) is 30.3 Å². The minimum absolute atomic E-state index is 0.0392. The Labute approximate surface area is 147 Å². The van der Waals surface area contributed by atoms with E-state index >= 15 is 0 Å². The van der Waals surface area contributed by atoms with Gasteiger partial charge in [-0.1, -0.05) is 0 Å². The summed E-state index contributed by atoms with van der Waals surface area (Å²) in [5.41, 5.74) is 1.33. The molecule has 1 aliphatic rings. The molecule has 4 amide bonds. The summed E-state index contributed by atoms with van der Waals surface area (Å²) < 4.78 is 0. The van der Waals surface area contributed by atoms with Crippen LogP contribution in [0, 0.1) is 0 Å². The molecule has 0 atom stereocenters. The Morgan fingerprint density at radius 1 is 0.960 bits per heavy atom. The largest absolute Gasteiger partial charge is 0.354 e. The standard InChI is InChI=1S/C18H26N4O3/c1-12(2)19-16(23)4-3-5-17(24)20-13-6-8-14(9-7-13)21-18(25)22-15-10-11-15/h6-9,12,15H,3-5,10-11H2,1-2H3,(H,19,23)(H,20,24)(H2,21,22,25). The third-order valence-corrected chi connectivity index (χ3v) is 3.60. The maximum atomic E-state index is 11.9. The van der Waals surface area contributed by atoms with Gasteiger partial charge in [0.1, 0.15) is 0 Å². The first-order chi connectivity index (χ1) is 11.9. The summed E-state index contributed by atoms with van der Waals surface area (Å²) in [6.07, 6.45) is 3.21. The molecule has 4 N–H and O–H groups in total. The lowest BCUT2D eigenvalue weighted by Gasteiger charge is -2.09. The van der Waals surface area contributed by atoms with Crippen LogP contribution in [0.15, 0.2) is 24.3 Å². The van der Waals surface area contributed by atoms with Crippen LogP contribution in [0.3, 0.4) is 0 Å². The van der Waals surface area contributed by atoms with E-state index < -0.39 is 0 Å². The molecule has 0 saturated heterocycles. The number of urea groups is 1. The average Bonchev–Trinajstić information content (AvgIpc) is 3.32. The fourth-order valence-corrected chi connectivity index (χ4v) is 2.24. The second-order valence-corrected chi connectivity index (χ2v) is 6.57. The smallest absolute Gasteiger partial charge is 0.319 e. The molecule has 136 valence electrons. The molecule has 2 rings (SSSR count). The topological polar surface area (TPSA) is 99.3 Å². The van der Waals surface area contributed by atoms with Gasteiger partial charge < -0.3 is 21.3 Å². The molecule has 0 aromatic heterocycles. The first-order valence-electron chi connectivity index (χ1n) is 8.69. The summed E-state index contributed by atoms with van der Waals surface area (Å²) >= 11 is 0. The van der Waals surface area contributed by atoms with Crippen LogP contribution in [0.5, 0.6) is 0 Å². The number of nitrogens with one attached hydrogen (secondary N) is 4. The number of rotatable bonds is 8. The van der Waals surface area contributed by atoms with Crippen molar-refractivity contribution in [3.63, 3.8) is 0 Å². The summed E-state index contributed by atoms with van der Waals surface area (Å²) in [5, 5.41) is 11.2. The van der Waals surface area contributed by atoms with Gasteiger partial charge in [0.15, 0.2) is 0 Å². The summed E-state index contributed by atoms with van der Waals surface area (Å²) in [5.74, 6) is -0.174. The second kappa shape index (κ2) is 9.05.